The molecule has 0 heterocycles. The van der Waals surface area contributed by atoms with Crippen molar-refractivity contribution in [2.24, 2.45) is 5.92 Å². The molecule has 0 aliphatic carbocycles. The number of nitrogen functional groups attached to an aromatic ring is 1. The lowest BCUT2D eigenvalue weighted by Gasteiger charge is -2.14. The molecule has 0 saturated carbocycles. The molecule has 0 aromatic heterocycles. The van der Waals surface area contributed by atoms with Gasteiger partial charge < -0.3 is 25.3 Å². The number of hydrogen-bond acceptors (Lipinski definition) is 5. The van der Waals surface area contributed by atoms with Crippen LogP contribution in [-0.4, -0.2) is 34.0 Å². The van der Waals surface area contributed by atoms with Gasteiger partial charge >= 0.3 is 0 Å². The van der Waals surface area contributed by atoms with E-state index >= 15 is 0 Å². The topological polar surface area (TPSA) is 65.7 Å². The van der Waals surface area contributed by atoms with Crippen molar-refractivity contribution in [2.45, 2.75) is 20.3 Å². The second-order valence-electron chi connectivity index (χ2n) is 5.02. The molecule has 20 heavy (non-hydrogen) atoms. The van der Waals surface area contributed by atoms with Crippen molar-refractivity contribution in [2.75, 3.05) is 45.0 Å². The van der Waals surface area contributed by atoms with Crippen molar-refractivity contribution >= 4 is 11.4 Å². The minimum atomic E-state index is 0.628. The molecule has 0 fully saturated rings. The highest BCUT2D eigenvalue weighted by atomic mass is 16.5. The molecule has 5 heteroatoms. The summed E-state index contributed by atoms with van der Waals surface area (Å²) >= 11 is 0. The third-order valence-electron chi connectivity index (χ3n) is 2.96. The van der Waals surface area contributed by atoms with E-state index in [1.54, 1.807) is 20.3 Å². The Labute approximate surface area is 121 Å². The summed E-state index contributed by atoms with van der Waals surface area (Å²) in [4.78, 5) is 0. The predicted octanol–water partition coefficient (Wildman–Crippen LogP) is 2.76. The third-order valence-corrected chi connectivity index (χ3v) is 2.96. The summed E-state index contributed by atoms with van der Waals surface area (Å²) in [6.07, 6.45) is 1.08. The number of nitrogens with two attached hydrogens (primary N) is 1. The fourth-order valence-electron chi connectivity index (χ4n) is 1.73. The number of benzene rings is 1. The molecular weight excluding hydrogens is 256 g/mol. The smallest absolute Gasteiger partial charge is 0.162 e. The van der Waals surface area contributed by atoms with Crippen molar-refractivity contribution in [3.63, 3.8) is 0 Å². The van der Waals surface area contributed by atoms with E-state index in [4.69, 9.17) is 19.9 Å². The van der Waals surface area contributed by atoms with Crippen molar-refractivity contribution < 1.29 is 14.2 Å². The lowest BCUT2D eigenvalue weighted by Crippen LogP contribution is -2.12. The normalized spacial score (nSPS) is 10.7. The third kappa shape index (κ3) is 5.17. The first-order valence-electron chi connectivity index (χ1n) is 6.91. The van der Waals surface area contributed by atoms with Crippen LogP contribution in [0.3, 0.4) is 0 Å². The first-order chi connectivity index (χ1) is 9.58. The van der Waals surface area contributed by atoms with Crippen LogP contribution in [0.2, 0.25) is 0 Å². The highest BCUT2D eigenvalue weighted by Crippen LogP contribution is 2.34. The molecular formula is C15H26N2O3. The summed E-state index contributed by atoms with van der Waals surface area (Å²) in [7, 11) is 3.19. The number of nitrogens with one attached hydrogen (secondary N) is 1. The summed E-state index contributed by atoms with van der Waals surface area (Å²) in [5.41, 5.74) is 7.42. The van der Waals surface area contributed by atoms with Gasteiger partial charge in [0.25, 0.3) is 0 Å². The fourth-order valence-corrected chi connectivity index (χ4v) is 1.73. The zero-order valence-corrected chi connectivity index (χ0v) is 12.9. The van der Waals surface area contributed by atoms with Crippen molar-refractivity contribution in [3.8, 4) is 11.5 Å². The number of rotatable bonds is 9. The van der Waals surface area contributed by atoms with Gasteiger partial charge in [-0.05, 0) is 12.3 Å². The van der Waals surface area contributed by atoms with Crippen LogP contribution >= 0.6 is 0 Å². The number of anilines is 2. The number of hydrogen-bond donors (Lipinski definition) is 2. The van der Waals surface area contributed by atoms with Gasteiger partial charge in [-0.3, -0.25) is 0 Å². The maximum Gasteiger partial charge on any atom is 0.162 e. The van der Waals surface area contributed by atoms with E-state index in [0.717, 1.165) is 18.7 Å². The molecule has 0 atom stereocenters. The van der Waals surface area contributed by atoms with Crippen LogP contribution in [0.4, 0.5) is 11.4 Å². The van der Waals surface area contributed by atoms with Gasteiger partial charge in [0, 0.05) is 25.3 Å². The SMILES string of the molecule is COc1cc(N)c(NCCOCCC(C)C)cc1OC. The molecule has 5 nitrogen and oxygen atoms in total. The Morgan fingerprint density at radius 3 is 2.35 bits per heavy atom. The lowest BCUT2D eigenvalue weighted by molar-refractivity contribution is 0.132. The quantitative estimate of drug-likeness (QED) is 0.538. The molecule has 1 aromatic rings. The molecule has 0 aliphatic heterocycles. The first-order valence-corrected chi connectivity index (χ1v) is 6.91. The number of ether oxygens (including phenoxy) is 3. The molecule has 0 saturated heterocycles. The summed E-state index contributed by atoms with van der Waals surface area (Å²) < 4.78 is 16.0. The summed E-state index contributed by atoms with van der Waals surface area (Å²) in [6, 6.07) is 3.59. The highest BCUT2D eigenvalue weighted by molar-refractivity contribution is 5.72. The molecule has 0 amide bonds. The Hall–Kier alpha value is -1.62. The summed E-state index contributed by atoms with van der Waals surface area (Å²) in [5.74, 6) is 1.96. The Kier molecular flexibility index (Phi) is 7.01. The van der Waals surface area contributed by atoms with E-state index in [1.165, 1.54) is 0 Å². The van der Waals surface area contributed by atoms with Gasteiger partial charge in [-0.15, -0.1) is 0 Å². The molecule has 3 N–H and O–H groups in total. The van der Waals surface area contributed by atoms with E-state index in [0.29, 0.717) is 36.3 Å². The Balaban J connectivity index is 2.43. The van der Waals surface area contributed by atoms with E-state index < -0.39 is 0 Å². The van der Waals surface area contributed by atoms with Gasteiger partial charge in [-0.2, -0.15) is 0 Å². The van der Waals surface area contributed by atoms with Crippen LogP contribution < -0.4 is 20.5 Å². The van der Waals surface area contributed by atoms with Crippen molar-refractivity contribution in [1.29, 1.82) is 0 Å². The van der Waals surface area contributed by atoms with Gasteiger partial charge in [0.05, 0.1) is 32.2 Å². The largest absolute Gasteiger partial charge is 0.493 e. The number of methoxy groups -OCH3 is 2. The van der Waals surface area contributed by atoms with Gasteiger partial charge in [0.1, 0.15) is 0 Å². The van der Waals surface area contributed by atoms with Crippen LogP contribution in [0.5, 0.6) is 11.5 Å². The molecule has 0 bridgehead atoms. The van der Waals surface area contributed by atoms with Gasteiger partial charge in [-0.1, -0.05) is 13.8 Å². The van der Waals surface area contributed by atoms with Crippen LogP contribution in [0.15, 0.2) is 12.1 Å². The van der Waals surface area contributed by atoms with Crippen LogP contribution in [0, 0.1) is 5.92 Å². The zero-order chi connectivity index (χ0) is 15.0. The summed E-state index contributed by atoms with van der Waals surface area (Å²) in [6.45, 7) is 6.52. The van der Waals surface area contributed by atoms with Crippen LogP contribution in [-0.2, 0) is 4.74 Å². The maximum absolute atomic E-state index is 5.96. The van der Waals surface area contributed by atoms with Gasteiger partial charge in [-0.25, -0.2) is 0 Å². The van der Waals surface area contributed by atoms with Crippen LogP contribution in [0.1, 0.15) is 20.3 Å². The first kappa shape index (κ1) is 16.4. The van der Waals surface area contributed by atoms with E-state index in [2.05, 4.69) is 19.2 Å². The van der Waals surface area contributed by atoms with Gasteiger partial charge in [0.2, 0.25) is 0 Å². The Bertz CT molecular complexity index is 408. The van der Waals surface area contributed by atoms with Crippen LogP contribution in [0.25, 0.3) is 0 Å². The Morgan fingerprint density at radius 1 is 1.10 bits per heavy atom. The standard InChI is InChI=1S/C15H26N2O3/c1-11(2)5-7-20-8-6-17-13-10-15(19-4)14(18-3)9-12(13)16/h9-11,17H,5-8,16H2,1-4H3. The Morgan fingerprint density at radius 2 is 1.75 bits per heavy atom. The highest BCUT2D eigenvalue weighted by Gasteiger charge is 2.08. The lowest BCUT2D eigenvalue weighted by atomic mass is 10.1. The maximum atomic E-state index is 5.96. The van der Waals surface area contributed by atoms with E-state index in [9.17, 15) is 0 Å². The molecule has 1 rings (SSSR count). The van der Waals surface area contributed by atoms with E-state index in [-0.39, 0.29) is 0 Å². The second kappa shape index (κ2) is 8.53. The predicted molar refractivity (Wildman–Crippen MR) is 82.7 cm³/mol. The average Bonchev–Trinajstić information content (AvgIpc) is 2.43. The minimum Gasteiger partial charge on any atom is -0.493 e. The molecule has 0 radical (unpaired) electrons. The monoisotopic (exact) mass is 282 g/mol. The van der Waals surface area contributed by atoms with Crippen molar-refractivity contribution in [1.82, 2.24) is 0 Å². The zero-order valence-electron chi connectivity index (χ0n) is 12.9. The minimum absolute atomic E-state index is 0.628. The average molecular weight is 282 g/mol. The fraction of sp³-hybridized carbons (Fsp3) is 0.600. The van der Waals surface area contributed by atoms with Crippen molar-refractivity contribution in [3.05, 3.63) is 12.1 Å². The molecule has 114 valence electrons. The van der Waals surface area contributed by atoms with E-state index in [1.807, 2.05) is 6.07 Å². The second-order valence-corrected chi connectivity index (χ2v) is 5.02. The summed E-state index contributed by atoms with van der Waals surface area (Å²) in [5, 5.41) is 3.24. The molecule has 0 spiro atoms. The molecule has 0 unspecified atom stereocenters. The molecule has 1 aromatic carbocycles. The molecule has 0 aliphatic rings. The van der Waals surface area contributed by atoms with Gasteiger partial charge in [0.15, 0.2) is 11.5 Å².